The first kappa shape index (κ1) is 11.6. The molecule has 0 unspecified atom stereocenters. The average molecular weight is 220 g/mol. The summed E-state index contributed by atoms with van der Waals surface area (Å²) in [5.41, 5.74) is 8.13. The minimum atomic E-state index is -0.0911. The third kappa shape index (κ3) is 3.04. The van der Waals surface area contributed by atoms with E-state index >= 15 is 0 Å². The average Bonchev–Trinajstić information content (AvgIpc) is 2.32. The molecule has 0 aliphatic carbocycles. The molecule has 2 rings (SSSR count). The molecule has 3 heteroatoms. The minimum absolute atomic E-state index is 0.0911. The first-order valence-corrected chi connectivity index (χ1v) is 5.96. The van der Waals surface area contributed by atoms with Crippen LogP contribution >= 0.6 is 0 Å². The maximum atomic E-state index is 9.43. The van der Waals surface area contributed by atoms with E-state index in [0.717, 1.165) is 32.5 Å². The van der Waals surface area contributed by atoms with Crippen molar-refractivity contribution in [3.8, 4) is 0 Å². The number of piperidine rings is 1. The smallest absolute Gasteiger partial charge is 0.0564 e. The molecule has 16 heavy (non-hydrogen) atoms. The molecule has 1 aromatic rings. The van der Waals surface area contributed by atoms with Crippen molar-refractivity contribution in [3.63, 3.8) is 0 Å². The van der Waals surface area contributed by atoms with Gasteiger partial charge < -0.3 is 10.8 Å². The van der Waals surface area contributed by atoms with Crippen LogP contribution in [0.25, 0.3) is 0 Å². The lowest BCUT2D eigenvalue weighted by molar-refractivity contribution is 0.0792. The summed E-state index contributed by atoms with van der Waals surface area (Å²) in [6.45, 7) is 3.56. The third-order valence-electron chi connectivity index (χ3n) is 3.19. The van der Waals surface area contributed by atoms with Crippen LogP contribution in [0, 0.1) is 0 Å². The molecule has 3 N–H and O–H groups in total. The van der Waals surface area contributed by atoms with Crippen LogP contribution in [0.2, 0.25) is 0 Å². The van der Waals surface area contributed by atoms with Crippen molar-refractivity contribution in [1.29, 1.82) is 0 Å². The van der Waals surface area contributed by atoms with Crippen LogP contribution in [0.5, 0.6) is 0 Å². The second-order valence-electron chi connectivity index (χ2n) is 4.53. The molecule has 1 aliphatic rings. The molecule has 1 aliphatic heterocycles. The lowest BCUT2D eigenvalue weighted by atomic mass is 10.1. The molecular formula is C13H20N2O. The summed E-state index contributed by atoms with van der Waals surface area (Å²) in [4.78, 5) is 2.39. The van der Waals surface area contributed by atoms with Gasteiger partial charge in [0.2, 0.25) is 0 Å². The zero-order valence-corrected chi connectivity index (χ0v) is 9.60. The molecule has 0 spiro atoms. The lowest BCUT2D eigenvalue weighted by Gasteiger charge is -2.29. The summed E-state index contributed by atoms with van der Waals surface area (Å²) in [6.07, 6.45) is 1.71. The maximum absolute atomic E-state index is 9.43. The predicted octanol–water partition coefficient (Wildman–Crippen LogP) is 1.10. The molecule has 1 aromatic carbocycles. The second kappa shape index (κ2) is 5.43. The van der Waals surface area contributed by atoms with Crippen LogP contribution < -0.4 is 5.73 Å². The van der Waals surface area contributed by atoms with Gasteiger partial charge >= 0.3 is 0 Å². The van der Waals surface area contributed by atoms with Gasteiger partial charge in [0.05, 0.1) is 6.10 Å². The van der Waals surface area contributed by atoms with E-state index in [1.54, 1.807) is 0 Å². The van der Waals surface area contributed by atoms with Crippen LogP contribution in [0.15, 0.2) is 24.3 Å². The third-order valence-corrected chi connectivity index (χ3v) is 3.19. The quantitative estimate of drug-likeness (QED) is 0.802. The molecule has 88 valence electrons. The van der Waals surface area contributed by atoms with E-state index < -0.39 is 0 Å². The van der Waals surface area contributed by atoms with Gasteiger partial charge in [-0.05, 0) is 24.0 Å². The summed E-state index contributed by atoms with van der Waals surface area (Å²) in [5, 5.41) is 9.43. The Kier molecular flexibility index (Phi) is 3.93. The molecule has 1 saturated heterocycles. The van der Waals surface area contributed by atoms with Crippen molar-refractivity contribution in [3.05, 3.63) is 35.4 Å². The van der Waals surface area contributed by atoms with Gasteiger partial charge in [0.1, 0.15) is 0 Å². The summed E-state index contributed by atoms with van der Waals surface area (Å²) in [7, 11) is 0. The molecule has 0 amide bonds. The number of benzene rings is 1. The SMILES string of the molecule is NCc1cccc(CN2CCC(O)CC2)c1. The fraction of sp³-hybridized carbons (Fsp3) is 0.538. The highest BCUT2D eigenvalue weighted by atomic mass is 16.3. The Hall–Kier alpha value is -0.900. The van der Waals surface area contributed by atoms with E-state index in [1.165, 1.54) is 11.1 Å². The van der Waals surface area contributed by atoms with E-state index in [9.17, 15) is 5.11 Å². The molecule has 0 atom stereocenters. The zero-order valence-electron chi connectivity index (χ0n) is 9.60. The van der Waals surface area contributed by atoms with Crippen molar-refractivity contribution >= 4 is 0 Å². The van der Waals surface area contributed by atoms with Crippen molar-refractivity contribution in [2.24, 2.45) is 5.73 Å². The number of aliphatic hydroxyl groups excluding tert-OH is 1. The fourth-order valence-electron chi connectivity index (χ4n) is 2.19. The van der Waals surface area contributed by atoms with Gasteiger partial charge in [-0.15, -0.1) is 0 Å². The number of hydrogen-bond donors (Lipinski definition) is 2. The Morgan fingerprint density at radius 1 is 1.25 bits per heavy atom. The van der Waals surface area contributed by atoms with Gasteiger partial charge in [-0.3, -0.25) is 4.90 Å². The van der Waals surface area contributed by atoms with Gasteiger partial charge in [0, 0.05) is 26.2 Å². The van der Waals surface area contributed by atoms with Gasteiger partial charge in [-0.2, -0.15) is 0 Å². The molecule has 1 fully saturated rings. The van der Waals surface area contributed by atoms with Gasteiger partial charge in [0.25, 0.3) is 0 Å². The highest BCUT2D eigenvalue weighted by Crippen LogP contribution is 2.14. The van der Waals surface area contributed by atoms with Crippen LogP contribution in [-0.4, -0.2) is 29.2 Å². The molecule has 0 aromatic heterocycles. The van der Waals surface area contributed by atoms with Gasteiger partial charge in [-0.1, -0.05) is 24.3 Å². The van der Waals surface area contributed by atoms with E-state index in [0.29, 0.717) is 6.54 Å². The summed E-state index contributed by atoms with van der Waals surface area (Å²) in [6, 6.07) is 8.44. The number of aliphatic hydroxyl groups is 1. The van der Waals surface area contributed by atoms with Crippen LogP contribution in [0.1, 0.15) is 24.0 Å². The number of rotatable bonds is 3. The first-order valence-electron chi connectivity index (χ1n) is 5.96. The molecule has 0 saturated carbocycles. The number of likely N-dealkylation sites (tertiary alicyclic amines) is 1. The van der Waals surface area contributed by atoms with Crippen LogP contribution in [-0.2, 0) is 13.1 Å². The molecule has 0 bridgehead atoms. The Morgan fingerprint density at radius 3 is 2.62 bits per heavy atom. The second-order valence-corrected chi connectivity index (χ2v) is 4.53. The topological polar surface area (TPSA) is 49.5 Å². The predicted molar refractivity (Wildman–Crippen MR) is 64.9 cm³/mol. The van der Waals surface area contributed by atoms with Gasteiger partial charge in [0.15, 0.2) is 0 Å². The van der Waals surface area contributed by atoms with E-state index in [4.69, 9.17) is 5.73 Å². The van der Waals surface area contributed by atoms with Crippen molar-refractivity contribution in [1.82, 2.24) is 4.90 Å². The molecule has 3 nitrogen and oxygen atoms in total. The number of nitrogens with zero attached hydrogens (tertiary/aromatic N) is 1. The van der Waals surface area contributed by atoms with Crippen molar-refractivity contribution < 1.29 is 5.11 Å². The summed E-state index contributed by atoms with van der Waals surface area (Å²) < 4.78 is 0. The van der Waals surface area contributed by atoms with Gasteiger partial charge in [-0.25, -0.2) is 0 Å². The lowest BCUT2D eigenvalue weighted by Crippen LogP contribution is -2.35. The molecule has 1 heterocycles. The van der Waals surface area contributed by atoms with E-state index in [1.807, 2.05) is 0 Å². The Morgan fingerprint density at radius 2 is 1.94 bits per heavy atom. The molecular weight excluding hydrogens is 200 g/mol. The zero-order chi connectivity index (χ0) is 11.4. The Labute approximate surface area is 96.9 Å². The Bertz CT molecular complexity index is 332. The van der Waals surface area contributed by atoms with Crippen LogP contribution in [0.4, 0.5) is 0 Å². The Balaban J connectivity index is 1.93. The monoisotopic (exact) mass is 220 g/mol. The van der Waals surface area contributed by atoms with Crippen LogP contribution in [0.3, 0.4) is 0 Å². The van der Waals surface area contributed by atoms with Crippen molar-refractivity contribution in [2.45, 2.75) is 32.0 Å². The van der Waals surface area contributed by atoms with E-state index in [2.05, 4.69) is 29.2 Å². The standard InChI is InChI=1S/C13H20N2O/c14-9-11-2-1-3-12(8-11)10-15-6-4-13(16)5-7-15/h1-3,8,13,16H,4-7,9-10,14H2. The van der Waals surface area contributed by atoms with Crippen molar-refractivity contribution in [2.75, 3.05) is 13.1 Å². The number of hydrogen-bond acceptors (Lipinski definition) is 3. The maximum Gasteiger partial charge on any atom is 0.0564 e. The largest absolute Gasteiger partial charge is 0.393 e. The summed E-state index contributed by atoms with van der Waals surface area (Å²) >= 11 is 0. The van der Waals surface area contributed by atoms with E-state index in [-0.39, 0.29) is 6.10 Å². The number of nitrogens with two attached hydrogens (primary N) is 1. The minimum Gasteiger partial charge on any atom is -0.393 e. The fourth-order valence-corrected chi connectivity index (χ4v) is 2.19. The highest BCUT2D eigenvalue weighted by Gasteiger charge is 2.16. The molecule has 0 radical (unpaired) electrons. The first-order chi connectivity index (χ1) is 7.78. The highest BCUT2D eigenvalue weighted by molar-refractivity contribution is 5.23. The normalized spacial score (nSPS) is 18.9. The summed E-state index contributed by atoms with van der Waals surface area (Å²) in [5.74, 6) is 0.